The molecule has 2 aromatic carbocycles. The first kappa shape index (κ1) is 18.1. The molecule has 0 aliphatic heterocycles. The summed E-state index contributed by atoms with van der Waals surface area (Å²) in [5.74, 6) is -0.389. The maximum Gasteiger partial charge on any atom is 0.325 e. The number of ether oxygens (including phenoxy) is 1. The molecule has 0 aliphatic carbocycles. The van der Waals surface area contributed by atoms with Crippen molar-refractivity contribution in [2.45, 2.75) is 26.2 Å². The monoisotopic (exact) mass is 329 g/mol. The molecule has 0 saturated heterocycles. The van der Waals surface area contributed by atoms with Gasteiger partial charge >= 0.3 is 5.97 Å². The number of carbonyl (C=O) groups is 1. The van der Waals surface area contributed by atoms with E-state index in [-0.39, 0.29) is 25.7 Å². The average Bonchev–Trinajstić information content (AvgIpc) is 2.64. The third-order valence-electron chi connectivity index (χ3n) is 3.56. The smallest absolute Gasteiger partial charge is 0.325 e. The number of hydrogen-bond donors (Lipinski definition) is 1. The highest BCUT2D eigenvalue weighted by atomic mass is 16.7. The fourth-order valence-corrected chi connectivity index (χ4v) is 2.17. The molecule has 0 bridgehead atoms. The first-order valence-electron chi connectivity index (χ1n) is 7.95. The first-order chi connectivity index (χ1) is 11.7. The van der Waals surface area contributed by atoms with Crippen LogP contribution in [0.15, 0.2) is 60.7 Å². The van der Waals surface area contributed by atoms with Gasteiger partial charge in [-0.3, -0.25) is 9.63 Å². The third-order valence-corrected chi connectivity index (χ3v) is 3.56. The molecular formula is C19H23NO4. The van der Waals surface area contributed by atoms with Crippen LogP contribution in [0.3, 0.4) is 0 Å². The van der Waals surface area contributed by atoms with Gasteiger partial charge in [0.05, 0.1) is 13.2 Å². The van der Waals surface area contributed by atoms with E-state index >= 15 is 0 Å². The van der Waals surface area contributed by atoms with E-state index in [9.17, 15) is 9.90 Å². The van der Waals surface area contributed by atoms with E-state index in [2.05, 4.69) is 0 Å². The van der Waals surface area contributed by atoms with E-state index in [0.717, 1.165) is 11.1 Å². The van der Waals surface area contributed by atoms with Crippen LogP contribution in [0.25, 0.3) is 0 Å². The summed E-state index contributed by atoms with van der Waals surface area (Å²) < 4.78 is 5.33. The van der Waals surface area contributed by atoms with Crippen LogP contribution < -0.4 is 0 Å². The summed E-state index contributed by atoms with van der Waals surface area (Å²) in [5.41, 5.74) is 1.92. The van der Waals surface area contributed by atoms with Crippen LogP contribution in [0, 0.1) is 0 Å². The summed E-state index contributed by atoms with van der Waals surface area (Å²) in [6.45, 7) is 2.38. The van der Waals surface area contributed by atoms with Crippen LogP contribution in [0.2, 0.25) is 0 Å². The molecular weight excluding hydrogens is 306 g/mol. The molecule has 5 heteroatoms. The van der Waals surface area contributed by atoms with Crippen molar-refractivity contribution in [1.82, 2.24) is 5.06 Å². The molecule has 1 atom stereocenters. The van der Waals surface area contributed by atoms with E-state index in [1.807, 2.05) is 60.7 Å². The van der Waals surface area contributed by atoms with Crippen molar-refractivity contribution < 1.29 is 19.5 Å². The molecule has 5 nitrogen and oxygen atoms in total. The van der Waals surface area contributed by atoms with E-state index in [1.54, 1.807) is 6.92 Å². The second kappa shape index (κ2) is 9.82. The number of hydrogen-bond acceptors (Lipinski definition) is 5. The van der Waals surface area contributed by atoms with Gasteiger partial charge in [-0.1, -0.05) is 60.7 Å². The molecule has 128 valence electrons. The van der Waals surface area contributed by atoms with Crippen LogP contribution in [-0.2, 0) is 27.6 Å². The fraction of sp³-hybridized carbons (Fsp3) is 0.316. The minimum absolute atomic E-state index is 0.106. The van der Waals surface area contributed by atoms with Crippen LogP contribution in [0.4, 0.5) is 0 Å². The van der Waals surface area contributed by atoms with Gasteiger partial charge in [0.1, 0.15) is 12.6 Å². The van der Waals surface area contributed by atoms with Crippen molar-refractivity contribution in [1.29, 1.82) is 0 Å². The molecule has 0 amide bonds. The first-order valence-corrected chi connectivity index (χ1v) is 7.95. The number of nitrogens with zero attached hydrogens (tertiary/aromatic N) is 1. The van der Waals surface area contributed by atoms with Gasteiger partial charge in [-0.15, -0.1) is 0 Å². The summed E-state index contributed by atoms with van der Waals surface area (Å²) in [7, 11) is 0. The molecule has 0 radical (unpaired) electrons. The van der Waals surface area contributed by atoms with E-state index < -0.39 is 6.04 Å². The molecule has 0 heterocycles. The Labute approximate surface area is 142 Å². The topological polar surface area (TPSA) is 59.0 Å². The van der Waals surface area contributed by atoms with Crippen LogP contribution in [0.1, 0.15) is 18.1 Å². The molecule has 0 aromatic heterocycles. The Morgan fingerprint density at radius 2 is 1.54 bits per heavy atom. The van der Waals surface area contributed by atoms with Gasteiger partial charge in [0.25, 0.3) is 0 Å². The number of aliphatic hydroxyl groups is 1. The normalized spacial score (nSPS) is 12.1. The summed E-state index contributed by atoms with van der Waals surface area (Å²) in [6.07, 6.45) is 0. The van der Waals surface area contributed by atoms with Crippen LogP contribution in [0.5, 0.6) is 0 Å². The summed E-state index contributed by atoms with van der Waals surface area (Å²) in [4.78, 5) is 17.9. The van der Waals surface area contributed by atoms with Gasteiger partial charge in [0, 0.05) is 6.54 Å². The number of esters is 1. The largest absolute Gasteiger partial charge is 0.460 e. The average molecular weight is 329 g/mol. The van der Waals surface area contributed by atoms with E-state index in [0.29, 0.717) is 6.61 Å². The summed E-state index contributed by atoms with van der Waals surface area (Å²) >= 11 is 0. The molecule has 0 spiro atoms. The SMILES string of the molecule is C[C@@H](C(=O)OCc1ccccc1)N(CCO)OCc1ccccc1. The van der Waals surface area contributed by atoms with Crippen LogP contribution >= 0.6 is 0 Å². The zero-order valence-electron chi connectivity index (χ0n) is 13.8. The highest BCUT2D eigenvalue weighted by Crippen LogP contribution is 2.09. The van der Waals surface area contributed by atoms with Gasteiger partial charge in [0.2, 0.25) is 0 Å². The molecule has 0 aliphatic rings. The number of hydroxylamine groups is 2. The van der Waals surface area contributed by atoms with Gasteiger partial charge in [-0.05, 0) is 18.1 Å². The van der Waals surface area contributed by atoms with Crippen molar-refractivity contribution in [2.75, 3.05) is 13.2 Å². The number of aliphatic hydroxyl groups excluding tert-OH is 1. The zero-order valence-corrected chi connectivity index (χ0v) is 13.8. The van der Waals surface area contributed by atoms with Gasteiger partial charge < -0.3 is 9.84 Å². The highest BCUT2D eigenvalue weighted by Gasteiger charge is 2.23. The summed E-state index contributed by atoms with van der Waals surface area (Å²) in [5, 5.41) is 10.7. The Hall–Kier alpha value is -2.21. The lowest BCUT2D eigenvalue weighted by molar-refractivity contribution is -0.209. The maximum absolute atomic E-state index is 12.2. The van der Waals surface area contributed by atoms with Crippen molar-refractivity contribution in [3.63, 3.8) is 0 Å². The van der Waals surface area contributed by atoms with Crippen molar-refractivity contribution in [3.05, 3.63) is 71.8 Å². The zero-order chi connectivity index (χ0) is 17.2. The van der Waals surface area contributed by atoms with Crippen LogP contribution in [-0.4, -0.2) is 35.3 Å². The standard InChI is InChI=1S/C19H23NO4/c1-16(19(22)23-14-17-8-4-2-5-9-17)20(12-13-21)24-15-18-10-6-3-7-11-18/h2-11,16,21H,12-15H2,1H3/t16-/m0/s1. The minimum atomic E-state index is -0.607. The Morgan fingerprint density at radius 1 is 1.00 bits per heavy atom. The molecule has 2 aromatic rings. The molecule has 0 saturated carbocycles. The van der Waals surface area contributed by atoms with E-state index in [4.69, 9.17) is 9.57 Å². The van der Waals surface area contributed by atoms with Crippen molar-refractivity contribution in [2.24, 2.45) is 0 Å². The molecule has 0 fully saturated rings. The fourth-order valence-electron chi connectivity index (χ4n) is 2.17. The summed E-state index contributed by atoms with van der Waals surface area (Å²) in [6, 6.07) is 18.5. The molecule has 2 rings (SSSR count). The predicted octanol–water partition coefficient (Wildman–Crippen LogP) is 2.54. The van der Waals surface area contributed by atoms with Gasteiger partial charge in [-0.2, -0.15) is 5.06 Å². The predicted molar refractivity (Wildman–Crippen MR) is 90.7 cm³/mol. The minimum Gasteiger partial charge on any atom is -0.460 e. The second-order valence-corrected chi connectivity index (χ2v) is 5.39. The quantitative estimate of drug-likeness (QED) is 0.566. The Bertz CT molecular complexity index is 603. The highest BCUT2D eigenvalue weighted by molar-refractivity contribution is 5.75. The van der Waals surface area contributed by atoms with Crippen molar-refractivity contribution >= 4 is 5.97 Å². The van der Waals surface area contributed by atoms with Gasteiger partial charge in [0.15, 0.2) is 0 Å². The van der Waals surface area contributed by atoms with Gasteiger partial charge in [-0.25, -0.2) is 0 Å². The third kappa shape index (κ3) is 5.77. The van der Waals surface area contributed by atoms with Crippen molar-refractivity contribution in [3.8, 4) is 0 Å². The lowest BCUT2D eigenvalue weighted by atomic mass is 10.2. The Balaban J connectivity index is 1.87. The lowest BCUT2D eigenvalue weighted by Gasteiger charge is -2.26. The lowest BCUT2D eigenvalue weighted by Crippen LogP contribution is -2.41. The Kier molecular flexibility index (Phi) is 7.42. The number of rotatable bonds is 9. The molecule has 24 heavy (non-hydrogen) atoms. The molecule has 1 N–H and O–H groups in total. The molecule has 0 unspecified atom stereocenters. The second-order valence-electron chi connectivity index (χ2n) is 5.39. The number of benzene rings is 2. The Morgan fingerprint density at radius 3 is 2.08 bits per heavy atom. The number of carbonyl (C=O) groups excluding carboxylic acids is 1. The maximum atomic E-state index is 12.2. The van der Waals surface area contributed by atoms with E-state index in [1.165, 1.54) is 5.06 Å².